The van der Waals surface area contributed by atoms with Crippen molar-refractivity contribution in [2.45, 2.75) is 65.2 Å². The van der Waals surface area contributed by atoms with Gasteiger partial charge in [-0.1, -0.05) is 60.7 Å². The number of benzene rings is 2. The lowest BCUT2D eigenvalue weighted by Crippen LogP contribution is -2.45. The minimum Gasteiger partial charge on any atom is -0.445 e. The molecule has 10 nitrogen and oxygen atoms in total. The molecule has 208 valence electrons. The molecule has 0 saturated heterocycles. The van der Waals surface area contributed by atoms with Crippen LogP contribution in [0.5, 0.6) is 0 Å². The van der Waals surface area contributed by atoms with Crippen molar-refractivity contribution in [1.82, 2.24) is 16.0 Å². The molecule has 0 aliphatic carbocycles. The smallest absolute Gasteiger partial charge is 0.408 e. The molecule has 0 fully saturated rings. The molecule has 0 aromatic heterocycles. The van der Waals surface area contributed by atoms with Crippen molar-refractivity contribution in [3.8, 4) is 0 Å². The van der Waals surface area contributed by atoms with Crippen LogP contribution < -0.4 is 21.7 Å². The average molecular weight is 529 g/mol. The molecular formula is C28H40N4O6. The Labute approximate surface area is 224 Å². The fourth-order valence-corrected chi connectivity index (χ4v) is 2.91. The van der Waals surface area contributed by atoms with Crippen LogP contribution >= 0.6 is 0 Å². The molecule has 0 radical (unpaired) electrons. The average Bonchev–Trinajstić information content (AvgIpc) is 2.85. The Bertz CT molecular complexity index is 993. The standard InChI is InChI=1S/C20H24N2O3.C8H16N2O3/c1-16(22-20(24)25-15-18-11-6-3-7-12-18)19(23)21-14-8-13-17-9-4-2-5-10-17;1-8(2,3)13-7(12)10-5-4-6(9)11/h2-7,9-12,16H,8,13-15H2,1H3,(H,21,23)(H,22,24);4-5H2,1-3H3,(H2,9,11)(H,10,12)/t16-;/m1./s1. The van der Waals surface area contributed by atoms with Crippen LogP contribution in [-0.4, -0.2) is 48.7 Å². The van der Waals surface area contributed by atoms with Gasteiger partial charge >= 0.3 is 12.2 Å². The molecule has 4 amide bonds. The maximum Gasteiger partial charge on any atom is 0.408 e. The number of aryl methyl sites for hydroxylation is 1. The van der Waals surface area contributed by atoms with E-state index in [1.165, 1.54) is 5.56 Å². The Morgan fingerprint density at radius 2 is 1.42 bits per heavy atom. The number of ether oxygens (including phenoxy) is 2. The zero-order valence-electron chi connectivity index (χ0n) is 22.6. The fraction of sp³-hybridized carbons (Fsp3) is 0.429. The van der Waals surface area contributed by atoms with Crippen LogP contribution in [-0.2, 0) is 32.1 Å². The van der Waals surface area contributed by atoms with E-state index >= 15 is 0 Å². The van der Waals surface area contributed by atoms with Crippen molar-refractivity contribution < 1.29 is 28.7 Å². The highest BCUT2D eigenvalue weighted by Crippen LogP contribution is 2.06. The quantitative estimate of drug-likeness (QED) is 0.328. The molecular weight excluding hydrogens is 488 g/mol. The second kappa shape index (κ2) is 17.4. The molecule has 1 atom stereocenters. The summed E-state index contributed by atoms with van der Waals surface area (Å²) >= 11 is 0. The minimum absolute atomic E-state index is 0.124. The van der Waals surface area contributed by atoms with E-state index in [0.29, 0.717) is 6.54 Å². The number of nitrogens with two attached hydrogens (primary N) is 1. The summed E-state index contributed by atoms with van der Waals surface area (Å²) in [5.41, 5.74) is 6.50. The van der Waals surface area contributed by atoms with Gasteiger partial charge in [0.15, 0.2) is 0 Å². The van der Waals surface area contributed by atoms with Gasteiger partial charge in [0, 0.05) is 19.5 Å². The number of carbonyl (C=O) groups is 4. The summed E-state index contributed by atoms with van der Waals surface area (Å²) in [6.07, 6.45) is 0.743. The van der Waals surface area contributed by atoms with Crippen molar-refractivity contribution >= 4 is 24.0 Å². The molecule has 0 spiro atoms. The van der Waals surface area contributed by atoms with Crippen LogP contribution in [0, 0.1) is 0 Å². The van der Waals surface area contributed by atoms with E-state index in [2.05, 4.69) is 28.1 Å². The van der Waals surface area contributed by atoms with Crippen molar-refractivity contribution in [2.24, 2.45) is 5.73 Å². The molecule has 0 unspecified atom stereocenters. The highest BCUT2D eigenvalue weighted by molar-refractivity contribution is 5.85. The van der Waals surface area contributed by atoms with Crippen molar-refractivity contribution in [3.63, 3.8) is 0 Å². The Kier molecular flexibility index (Phi) is 14.6. The highest BCUT2D eigenvalue weighted by Gasteiger charge is 2.16. The maximum atomic E-state index is 12.0. The van der Waals surface area contributed by atoms with Gasteiger partial charge in [-0.3, -0.25) is 9.59 Å². The largest absolute Gasteiger partial charge is 0.445 e. The number of amides is 4. The van der Waals surface area contributed by atoms with Crippen molar-refractivity contribution in [2.75, 3.05) is 13.1 Å². The summed E-state index contributed by atoms with van der Waals surface area (Å²) in [5, 5.41) is 7.77. The van der Waals surface area contributed by atoms with Crippen molar-refractivity contribution in [3.05, 3.63) is 71.8 Å². The Morgan fingerprint density at radius 3 is 1.97 bits per heavy atom. The number of alkyl carbamates (subject to hydrolysis) is 2. The number of hydrogen-bond acceptors (Lipinski definition) is 6. The number of primary amides is 1. The van der Waals surface area contributed by atoms with Crippen LogP contribution in [0.25, 0.3) is 0 Å². The van der Waals surface area contributed by atoms with Crippen LogP contribution in [0.15, 0.2) is 60.7 Å². The van der Waals surface area contributed by atoms with Gasteiger partial charge in [0.05, 0.1) is 0 Å². The number of rotatable bonds is 11. The van der Waals surface area contributed by atoms with Crippen LogP contribution in [0.1, 0.15) is 51.7 Å². The third kappa shape index (κ3) is 16.6. The second-order valence-electron chi connectivity index (χ2n) is 9.45. The number of hydrogen-bond donors (Lipinski definition) is 4. The van der Waals surface area contributed by atoms with Crippen LogP contribution in [0.3, 0.4) is 0 Å². The first kappa shape index (κ1) is 31.9. The molecule has 10 heteroatoms. The Hall–Kier alpha value is -4.08. The lowest BCUT2D eigenvalue weighted by Gasteiger charge is -2.19. The monoisotopic (exact) mass is 528 g/mol. The summed E-state index contributed by atoms with van der Waals surface area (Å²) in [5.74, 6) is -0.666. The third-order valence-electron chi connectivity index (χ3n) is 4.76. The van der Waals surface area contributed by atoms with Gasteiger partial charge < -0.3 is 31.2 Å². The predicted octanol–water partition coefficient (Wildman–Crippen LogP) is 3.44. The zero-order valence-corrected chi connectivity index (χ0v) is 22.6. The van der Waals surface area contributed by atoms with Crippen molar-refractivity contribution in [1.29, 1.82) is 0 Å². The minimum atomic E-state index is -0.639. The van der Waals surface area contributed by atoms with Gasteiger partial charge in [0.1, 0.15) is 18.2 Å². The molecule has 2 rings (SSSR count). The van der Waals surface area contributed by atoms with E-state index in [9.17, 15) is 19.2 Å². The Balaban J connectivity index is 0.000000471. The topological polar surface area (TPSA) is 149 Å². The summed E-state index contributed by atoms with van der Waals surface area (Å²) in [6, 6.07) is 18.9. The first-order chi connectivity index (χ1) is 18.0. The van der Waals surface area contributed by atoms with E-state index in [0.717, 1.165) is 18.4 Å². The zero-order chi connectivity index (χ0) is 28.4. The molecule has 0 aliphatic rings. The van der Waals surface area contributed by atoms with E-state index in [1.807, 2.05) is 48.5 Å². The normalized spacial score (nSPS) is 11.2. The lowest BCUT2D eigenvalue weighted by atomic mass is 10.1. The van der Waals surface area contributed by atoms with E-state index in [4.69, 9.17) is 15.2 Å². The van der Waals surface area contributed by atoms with E-state index in [-0.39, 0.29) is 25.5 Å². The molecule has 0 aliphatic heterocycles. The second-order valence-corrected chi connectivity index (χ2v) is 9.45. The summed E-state index contributed by atoms with van der Waals surface area (Å²) in [6.45, 7) is 7.89. The van der Waals surface area contributed by atoms with E-state index in [1.54, 1.807) is 27.7 Å². The molecule has 2 aromatic carbocycles. The number of carbonyl (C=O) groups excluding carboxylic acids is 4. The van der Waals surface area contributed by atoms with Gasteiger partial charge in [-0.2, -0.15) is 0 Å². The van der Waals surface area contributed by atoms with Gasteiger partial charge in [-0.15, -0.1) is 0 Å². The third-order valence-corrected chi connectivity index (χ3v) is 4.76. The lowest BCUT2D eigenvalue weighted by molar-refractivity contribution is -0.122. The molecule has 2 aromatic rings. The predicted molar refractivity (Wildman–Crippen MR) is 145 cm³/mol. The molecule has 0 bridgehead atoms. The maximum absolute atomic E-state index is 12.0. The molecule has 5 N–H and O–H groups in total. The SMILES string of the molecule is CC(C)(C)OC(=O)NCCC(N)=O.C[C@@H](NC(=O)OCc1ccccc1)C(=O)NCCCc1ccccc1. The van der Waals surface area contributed by atoms with Gasteiger partial charge in [-0.05, 0) is 51.7 Å². The summed E-state index contributed by atoms with van der Waals surface area (Å²) in [7, 11) is 0. The molecule has 0 heterocycles. The van der Waals surface area contributed by atoms with Crippen LogP contribution in [0.4, 0.5) is 9.59 Å². The van der Waals surface area contributed by atoms with Gasteiger partial charge in [0.2, 0.25) is 11.8 Å². The first-order valence-corrected chi connectivity index (χ1v) is 12.5. The van der Waals surface area contributed by atoms with Gasteiger partial charge in [-0.25, -0.2) is 9.59 Å². The van der Waals surface area contributed by atoms with Crippen LogP contribution in [0.2, 0.25) is 0 Å². The molecule has 38 heavy (non-hydrogen) atoms. The number of nitrogens with one attached hydrogen (secondary N) is 3. The first-order valence-electron chi connectivity index (χ1n) is 12.5. The highest BCUT2D eigenvalue weighted by atomic mass is 16.6. The Morgan fingerprint density at radius 1 is 0.842 bits per heavy atom. The summed E-state index contributed by atoms with van der Waals surface area (Å²) < 4.78 is 10.0. The van der Waals surface area contributed by atoms with E-state index < -0.39 is 29.7 Å². The fourth-order valence-electron chi connectivity index (χ4n) is 2.91. The summed E-state index contributed by atoms with van der Waals surface area (Å²) in [4.78, 5) is 45.0. The van der Waals surface area contributed by atoms with Gasteiger partial charge in [0.25, 0.3) is 0 Å². The molecule has 0 saturated carbocycles.